The third-order valence-corrected chi connectivity index (χ3v) is 4.61. The molecule has 0 spiro atoms. The number of aromatic carboxylic acids is 1. The average molecular weight is 257 g/mol. The van der Waals surface area contributed by atoms with Gasteiger partial charge in [-0.15, -0.1) is 0 Å². The van der Waals surface area contributed by atoms with Crippen LogP contribution in [0, 0.1) is 11.8 Å². The van der Waals surface area contributed by atoms with Gasteiger partial charge in [-0.1, -0.05) is 18.9 Å². The highest BCUT2D eigenvalue weighted by molar-refractivity contribution is 6.00. The Labute approximate surface area is 110 Å². The first-order chi connectivity index (χ1) is 9.25. The van der Waals surface area contributed by atoms with Crippen LogP contribution in [-0.2, 0) is 0 Å². The largest absolute Gasteiger partial charge is 0.478 e. The fourth-order valence-electron chi connectivity index (χ4n) is 3.64. The zero-order chi connectivity index (χ0) is 13.0. The summed E-state index contributed by atoms with van der Waals surface area (Å²) in [6.07, 6.45) is 5.14. The number of hydrogen-bond acceptors (Lipinski definition) is 3. The fraction of sp³-hybridized carbons (Fsp3) is 0.467. The van der Waals surface area contributed by atoms with Gasteiger partial charge in [0.25, 0.3) is 0 Å². The second kappa shape index (κ2) is 3.83. The summed E-state index contributed by atoms with van der Waals surface area (Å²) >= 11 is 0. The topological polar surface area (TPSA) is 63.3 Å². The van der Waals surface area contributed by atoms with Crippen molar-refractivity contribution in [2.24, 2.45) is 11.8 Å². The van der Waals surface area contributed by atoms with Crippen molar-refractivity contribution in [1.29, 1.82) is 0 Å². The van der Waals surface area contributed by atoms with E-state index in [1.54, 1.807) is 18.2 Å². The Kier molecular flexibility index (Phi) is 2.22. The molecule has 2 aliphatic carbocycles. The standard InChI is InChI=1S/C15H15NO3/c17-15(18)10-6-3-7-11-13(10)16-14(19-11)12-8-4-1-2-5-9(8)12/h3,6-9,12H,1-2,4-5H2,(H,17,18). The number of carboxylic acid groups (broad SMARTS) is 1. The molecule has 0 aliphatic heterocycles. The van der Waals surface area contributed by atoms with Crippen LogP contribution in [0.3, 0.4) is 0 Å². The van der Waals surface area contributed by atoms with E-state index in [2.05, 4.69) is 4.98 Å². The lowest BCUT2D eigenvalue weighted by Gasteiger charge is -2.04. The molecule has 1 aromatic carbocycles. The fourth-order valence-corrected chi connectivity index (χ4v) is 3.64. The van der Waals surface area contributed by atoms with Gasteiger partial charge < -0.3 is 9.52 Å². The molecule has 1 N–H and O–H groups in total. The van der Waals surface area contributed by atoms with Gasteiger partial charge in [0, 0.05) is 5.92 Å². The van der Waals surface area contributed by atoms with Crippen LogP contribution >= 0.6 is 0 Å². The van der Waals surface area contributed by atoms with Gasteiger partial charge in [0.2, 0.25) is 0 Å². The molecule has 4 heteroatoms. The Morgan fingerprint density at radius 3 is 2.68 bits per heavy atom. The van der Waals surface area contributed by atoms with E-state index in [4.69, 9.17) is 4.42 Å². The molecule has 2 unspecified atom stereocenters. The Bertz CT molecular complexity index is 648. The summed E-state index contributed by atoms with van der Waals surface area (Å²) < 4.78 is 5.80. The maximum atomic E-state index is 11.2. The molecule has 0 amide bonds. The SMILES string of the molecule is O=C(O)c1cccc2oc(C3C4CCCCC43)nc12. The van der Waals surface area contributed by atoms with Crippen LogP contribution in [0.1, 0.15) is 47.8 Å². The van der Waals surface area contributed by atoms with Crippen molar-refractivity contribution in [3.8, 4) is 0 Å². The van der Waals surface area contributed by atoms with E-state index in [1.807, 2.05) is 0 Å². The zero-order valence-electron chi connectivity index (χ0n) is 10.5. The van der Waals surface area contributed by atoms with Crippen molar-refractivity contribution in [1.82, 2.24) is 4.98 Å². The van der Waals surface area contributed by atoms with Gasteiger partial charge in [-0.3, -0.25) is 0 Å². The van der Waals surface area contributed by atoms with E-state index < -0.39 is 5.97 Å². The molecule has 2 fully saturated rings. The molecule has 4 nitrogen and oxygen atoms in total. The average Bonchev–Trinajstić information content (AvgIpc) is 2.99. The highest BCUT2D eigenvalue weighted by Crippen LogP contribution is 2.61. The number of aromatic nitrogens is 1. The number of hydrogen-bond donors (Lipinski definition) is 1. The number of para-hydroxylation sites is 1. The number of nitrogens with zero attached hydrogens (tertiary/aromatic N) is 1. The molecule has 0 bridgehead atoms. The monoisotopic (exact) mass is 257 g/mol. The number of carbonyl (C=O) groups is 1. The molecule has 2 aromatic rings. The number of oxazole rings is 1. The molecule has 0 radical (unpaired) electrons. The van der Waals surface area contributed by atoms with Gasteiger partial charge in [0.1, 0.15) is 5.52 Å². The van der Waals surface area contributed by atoms with E-state index >= 15 is 0 Å². The minimum absolute atomic E-state index is 0.233. The predicted molar refractivity (Wildman–Crippen MR) is 69.2 cm³/mol. The molecule has 2 atom stereocenters. The van der Waals surface area contributed by atoms with Gasteiger partial charge in [-0.25, -0.2) is 9.78 Å². The third-order valence-electron chi connectivity index (χ3n) is 4.61. The molecule has 0 saturated heterocycles. The van der Waals surface area contributed by atoms with Gasteiger partial charge in [-0.05, 0) is 36.8 Å². The molecule has 2 aliphatic rings. The Balaban J connectivity index is 1.76. The maximum absolute atomic E-state index is 11.2. The summed E-state index contributed by atoms with van der Waals surface area (Å²) in [6, 6.07) is 5.09. The summed E-state index contributed by atoms with van der Waals surface area (Å²) in [7, 11) is 0. The van der Waals surface area contributed by atoms with Crippen LogP contribution in [0.2, 0.25) is 0 Å². The molecule has 1 aromatic heterocycles. The summed E-state index contributed by atoms with van der Waals surface area (Å²) in [6.45, 7) is 0. The normalized spacial score (nSPS) is 29.2. The quantitative estimate of drug-likeness (QED) is 0.895. The Hall–Kier alpha value is -1.84. The Morgan fingerprint density at radius 1 is 1.26 bits per heavy atom. The lowest BCUT2D eigenvalue weighted by atomic mass is 10.0. The van der Waals surface area contributed by atoms with Crippen molar-refractivity contribution in [3.05, 3.63) is 29.7 Å². The summed E-state index contributed by atoms with van der Waals surface area (Å²) in [4.78, 5) is 15.7. The van der Waals surface area contributed by atoms with E-state index in [0.717, 1.165) is 17.7 Å². The van der Waals surface area contributed by atoms with Crippen molar-refractivity contribution in [2.45, 2.75) is 31.6 Å². The second-order valence-electron chi connectivity index (χ2n) is 5.65. The number of rotatable bonds is 2. The smallest absolute Gasteiger partial charge is 0.338 e. The van der Waals surface area contributed by atoms with Crippen LogP contribution in [0.5, 0.6) is 0 Å². The zero-order valence-corrected chi connectivity index (χ0v) is 10.5. The van der Waals surface area contributed by atoms with Crippen LogP contribution in [0.15, 0.2) is 22.6 Å². The molecule has 98 valence electrons. The maximum Gasteiger partial charge on any atom is 0.338 e. The number of carboxylic acids is 1. The summed E-state index contributed by atoms with van der Waals surface area (Å²) in [5, 5.41) is 9.17. The van der Waals surface area contributed by atoms with E-state index in [9.17, 15) is 9.90 Å². The van der Waals surface area contributed by atoms with E-state index in [1.165, 1.54) is 25.7 Å². The lowest BCUT2D eigenvalue weighted by Crippen LogP contribution is -1.96. The number of benzene rings is 1. The van der Waals surface area contributed by atoms with Gasteiger partial charge in [0.05, 0.1) is 5.56 Å². The van der Waals surface area contributed by atoms with Gasteiger partial charge in [0.15, 0.2) is 11.5 Å². The van der Waals surface area contributed by atoms with Crippen LogP contribution < -0.4 is 0 Å². The second-order valence-corrected chi connectivity index (χ2v) is 5.65. The minimum atomic E-state index is -0.946. The predicted octanol–water partition coefficient (Wildman–Crippen LogP) is 3.43. The highest BCUT2D eigenvalue weighted by atomic mass is 16.4. The van der Waals surface area contributed by atoms with Crippen LogP contribution in [0.4, 0.5) is 0 Å². The van der Waals surface area contributed by atoms with E-state index in [0.29, 0.717) is 17.0 Å². The number of fused-ring (bicyclic) bond motifs is 2. The van der Waals surface area contributed by atoms with Crippen LogP contribution in [0.25, 0.3) is 11.1 Å². The minimum Gasteiger partial charge on any atom is -0.478 e. The third kappa shape index (κ3) is 1.59. The Morgan fingerprint density at radius 2 is 2.00 bits per heavy atom. The van der Waals surface area contributed by atoms with E-state index in [-0.39, 0.29) is 5.56 Å². The first kappa shape index (κ1) is 11.0. The molecule has 19 heavy (non-hydrogen) atoms. The first-order valence-electron chi connectivity index (χ1n) is 6.88. The molecule has 2 saturated carbocycles. The van der Waals surface area contributed by atoms with Crippen LogP contribution in [-0.4, -0.2) is 16.1 Å². The summed E-state index contributed by atoms with van der Waals surface area (Å²) in [5.74, 6) is 1.67. The molecular weight excluding hydrogens is 242 g/mol. The summed E-state index contributed by atoms with van der Waals surface area (Å²) in [5.41, 5.74) is 1.32. The first-order valence-corrected chi connectivity index (χ1v) is 6.88. The van der Waals surface area contributed by atoms with Crippen molar-refractivity contribution >= 4 is 17.1 Å². The molecule has 4 rings (SSSR count). The molecule has 1 heterocycles. The highest BCUT2D eigenvalue weighted by Gasteiger charge is 2.54. The van der Waals surface area contributed by atoms with Crippen molar-refractivity contribution in [3.63, 3.8) is 0 Å². The molecular formula is C15H15NO3. The van der Waals surface area contributed by atoms with Crippen molar-refractivity contribution in [2.75, 3.05) is 0 Å². The van der Waals surface area contributed by atoms with Gasteiger partial charge in [-0.2, -0.15) is 0 Å². The van der Waals surface area contributed by atoms with Gasteiger partial charge >= 0.3 is 5.97 Å². The van der Waals surface area contributed by atoms with Crippen molar-refractivity contribution < 1.29 is 14.3 Å². The lowest BCUT2D eigenvalue weighted by molar-refractivity contribution is 0.0699.